The molecule has 0 spiro atoms. The van der Waals surface area contributed by atoms with Gasteiger partial charge in [-0.15, -0.1) is 0 Å². The fourth-order valence-electron chi connectivity index (χ4n) is 2.74. The topological polar surface area (TPSA) is 21.3 Å². The summed E-state index contributed by atoms with van der Waals surface area (Å²) in [5.41, 5.74) is 1.33. The highest BCUT2D eigenvalue weighted by Crippen LogP contribution is 2.23. The van der Waals surface area contributed by atoms with Crippen LogP contribution in [0.4, 0.5) is 0 Å². The molecular formula is C18H29NO. The van der Waals surface area contributed by atoms with Gasteiger partial charge >= 0.3 is 0 Å². The quantitative estimate of drug-likeness (QED) is 0.770. The highest BCUT2D eigenvalue weighted by atomic mass is 16.5. The van der Waals surface area contributed by atoms with Crippen LogP contribution in [0.2, 0.25) is 0 Å². The molecule has 0 saturated heterocycles. The van der Waals surface area contributed by atoms with Gasteiger partial charge in [0.15, 0.2) is 0 Å². The number of hydrogen-bond donors (Lipinski definition) is 1. The van der Waals surface area contributed by atoms with E-state index in [-0.39, 0.29) is 0 Å². The second-order valence-electron chi connectivity index (χ2n) is 6.40. The average molecular weight is 275 g/mol. The van der Waals surface area contributed by atoms with E-state index in [1.807, 2.05) is 0 Å². The fraction of sp³-hybridized carbons (Fsp3) is 0.667. The molecule has 0 unspecified atom stereocenters. The molecule has 2 nitrogen and oxygen atoms in total. The number of benzene rings is 1. The molecule has 20 heavy (non-hydrogen) atoms. The Morgan fingerprint density at radius 3 is 2.30 bits per heavy atom. The Kier molecular flexibility index (Phi) is 6.38. The Hall–Kier alpha value is -1.02. The largest absolute Gasteiger partial charge is 0.490 e. The zero-order chi connectivity index (χ0) is 14.2. The second-order valence-corrected chi connectivity index (χ2v) is 6.40. The second kappa shape index (κ2) is 8.31. The Bertz CT molecular complexity index is 364. The van der Waals surface area contributed by atoms with E-state index in [0.717, 1.165) is 18.8 Å². The minimum Gasteiger partial charge on any atom is -0.490 e. The van der Waals surface area contributed by atoms with Gasteiger partial charge in [0.1, 0.15) is 5.75 Å². The summed E-state index contributed by atoms with van der Waals surface area (Å²) in [4.78, 5) is 0. The van der Waals surface area contributed by atoms with Gasteiger partial charge in [-0.25, -0.2) is 0 Å². The SMILES string of the molecule is CC(C)CNCc1ccc(OC2CCCCCC2)cc1. The minimum atomic E-state index is 0.433. The summed E-state index contributed by atoms with van der Waals surface area (Å²) in [5.74, 6) is 1.73. The Morgan fingerprint density at radius 2 is 1.70 bits per heavy atom. The van der Waals surface area contributed by atoms with Gasteiger partial charge in [0.25, 0.3) is 0 Å². The van der Waals surface area contributed by atoms with Gasteiger partial charge in [0.2, 0.25) is 0 Å². The molecule has 0 atom stereocenters. The third kappa shape index (κ3) is 5.54. The maximum atomic E-state index is 6.11. The molecular weight excluding hydrogens is 246 g/mol. The molecule has 0 amide bonds. The van der Waals surface area contributed by atoms with Crippen LogP contribution in [-0.2, 0) is 6.54 Å². The van der Waals surface area contributed by atoms with Gasteiger partial charge < -0.3 is 10.1 Å². The zero-order valence-corrected chi connectivity index (χ0v) is 13.0. The average Bonchev–Trinajstić information content (AvgIpc) is 2.69. The summed E-state index contributed by atoms with van der Waals surface area (Å²) in [6.07, 6.45) is 8.27. The number of ether oxygens (including phenoxy) is 1. The highest BCUT2D eigenvalue weighted by Gasteiger charge is 2.13. The van der Waals surface area contributed by atoms with Gasteiger partial charge in [-0.1, -0.05) is 38.8 Å². The highest BCUT2D eigenvalue weighted by molar-refractivity contribution is 5.27. The van der Waals surface area contributed by atoms with Crippen LogP contribution in [0.1, 0.15) is 57.9 Å². The molecule has 0 aliphatic heterocycles. The van der Waals surface area contributed by atoms with Crippen molar-refractivity contribution in [3.63, 3.8) is 0 Å². The monoisotopic (exact) mass is 275 g/mol. The van der Waals surface area contributed by atoms with Crippen molar-refractivity contribution in [3.8, 4) is 5.75 Å². The standard InChI is InChI=1S/C18H29NO/c1-15(2)13-19-14-16-9-11-18(12-10-16)20-17-7-5-3-4-6-8-17/h9-12,15,17,19H,3-8,13-14H2,1-2H3. The lowest BCUT2D eigenvalue weighted by Crippen LogP contribution is -2.19. The van der Waals surface area contributed by atoms with Crippen LogP contribution in [0.15, 0.2) is 24.3 Å². The van der Waals surface area contributed by atoms with Gasteiger partial charge in [-0.3, -0.25) is 0 Å². The first kappa shape index (κ1) is 15.4. The maximum absolute atomic E-state index is 6.11. The van der Waals surface area contributed by atoms with E-state index >= 15 is 0 Å². The van der Waals surface area contributed by atoms with Crippen molar-refractivity contribution in [2.24, 2.45) is 5.92 Å². The Balaban J connectivity index is 1.78. The molecule has 1 saturated carbocycles. The molecule has 2 rings (SSSR count). The van der Waals surface area contributed by atoms with Crippen LogP contribution in [0.25, 0.3) is 0 Å². The molecule has 1 aromatic carbocycles. The molecule has 0 heterocycles. The number of hydrogen-bond acceptors (Lipinski definition) is 2. The molecule has 0 radical (unpaired) electrons. The van der Waals surface area contributed by atoms with Crippen LogP contribution in [0.5, 0.6) is 5.75 Å². The van der Waals surface area contributed by atoms with Crippen LogP contribution in [0, 0.1) is 5.92 Å². The molecule has 0 bridgehead atoms. The van der Waals surface area contributed by atoms with Crippen LogP contribution in [0.3, 0.4) is 0 Å². The van der Waals surface area contributed by atoms with Crippen LogP contribution in [-0.4, -0.2) is 12.6 Å². The first-order valence-electron chi connectivity index (χ1n) is 8.20. The summed E-state index contributed by atoms with van der Waals surface area (Å²) in [5, 5.41) is 3.47. The fourth-order valence-corrected chi connectivity index (χ4v) is 2.74. The Morgan fingerprint density at radius 1 is 1.05 bits per heavy atom. The van der Waals surface area contributed by atoms with Crippen molar-refractivity contribution in [1.82, 2.24) is 5.32 Å². The lowest BCUT2D eigenvalue weighted by Gasteiger charge is -2.17. The molecule has 1 N–H and O–H groups in total. The van der Waals surface area contributed by atoms with Crippen molar-refractivity contribution in [2.45, 2.75) is 65.0 Å². The number of rotatable bonds is 6. The predicted octanol–water partition coefficient (Wildman–Crippen LogP) is 4.53. The summed E-state index contributed by atoms with van der Waals surface area (Å²) >= 11 is 0. The molecule has 112 valence electrons. The molecule has 1 aliphatic rings. The van der Waals surface area contributed by atoms with E-state index in [1.165, 1.54) is 44.1 Å². The number of nitrogens with one attached hydrogen (secondary N) is 1. The zero-order valence-electron chi connectivity index (χ0n) is 13.0. The summed E-state index contributed by atoms with van der Waals surface area (Å²) in [6, 6.07) is 8.60. The van der Waals surface area contributed by atoms with E-state index in [1.54, 1.807) is 0 Å². The lowest BCUT2D eigenvalue weighted by atomic mass is 10.1. The van der Waals surface area contributed by atoms with Crippen molar-refractivity contribution < 1.29 is 4.74 Å². The van der Waals surface area contributed by atoms with E-state index in [9.17, 15) is 0 Å². The molecule has 1 aromatic rings. The van der Waals surface area contributed by atoms with Crippen LogP contribution >= 0.6 is 0 Å². The third-order valence-corrected chi connectivity index (χ3v) is 3.91. The summed E-state index contributed by atoms with van der Waals surface area (Å²) in [7, 11) is 0. The van der Waals surface area contributed by atoms with Crippen molar-refractivity contribution in [2.75, 3.05) is 6.54 Å². The third-order valence-electron chi connectivity index (χ3n) is 3.91. The molecule has 1 aliphatic carbocycles. The van der Waals surface area contributed by atoms with Gasteiger partial charge in [0.05, 0.1) is 6.10 Å². The van der Waals surface area contributed by atoms with E-state index in [4.69, 9.17) is 4.74 Å². The Labute approximate surface area is 123 Å². The predicted molar refractivity (Wildman–Crippen MR) is 85.1 cm³/mol. The van der Waals surface area contributed by atoms with Crippen molar-refractivity contribution in [3.05, 3.63) is 29.8 Å². The van der Waals surface area contributed by atoms with Gasteiger partial charge in [0, 0.05) is 6.54 Å². The molecule has 1 fully saturated rings. The van der Waals surface area contributed by atoms with Crippen molar-refractivity contribution >= 4 is 0 Å². The van der Waals surface area contributed by atoms with Crippen LogP contribution < -0.4 is 10.1 Å². The smallest absolute Gasteiger partial charge is 0.119 e. The lowest BCUT2D eigenvalue weighted by molar-refractivity contribution is 0.183. The van der Waals surface area contributed by atoms with E-state index < -0.39 is 0 Å². The first-order chi connectivity index (χ1) is 9.74. The van der Waals surface area contributed by atoms with Gasteiger partial charge in [-0.05, 0) is 55.8 Å². The summed E-state index contributed by atoms with van der Waals surface area (Å²) < 4.78 is 6.11. The van der Waals surface area contributed by atoms with E-state index in [2.05, 4.69) is 43.4 Å². The normalized spacial score (nSPS) is 17.1. The van der Waals surface area contributed by atoms with Crippen molar-refractivity contribution in [1.29, 1.82) is 0 Å². The maximum Gasteiger partial charge on any atom is 0.119 e. The minimum absolute atomic E-state index is 0.433. The molecule has 0 aromatic heterocycles. The molecule has 2 heteroatoms. The van der Waals surface area contributed by atoms with E-state index in [0.29, 0.717) is 12.0 Å². The summed E-state index contributed by atoms with van der Waals surface area (Å²) in [6.45, 7) is 6.48. The van der Waals surface area contributed by atoms with Gasteiger partial charge in [-0.2, -0.15) is 0 Å². The first-order valence-corrected chi connectivity index (χ1v) is 8.20.